The lowest BCUT2D eigenvalue weighted by molar-refractivity contribution is 0.463. The van der Waals surface area contributed by atoms with Crippen LogP contribution in [0.2, 0.25) is 0 Å². The van der Waals surface area contributed by atoms with E-state index in [2.05, 4.69) is 5.32 Å². The van der Waals surface area contributed by atoms with Gasteiger partial charge in [-0.1, -0.05) is 6.07 Å². The van der Waals surface area contributed by atoms with Crippen LogP contribution < -0.4 is 5.32 Å². The van der Waals surface area contributed by atoms with Crippen LogP contribution in [0.25, 0.3) is 0 Å². The molecule has 1 nitrogen and oxygen atoms in total. The molecule has 0 radical (unpaired) electrons. The van der Waals surface area contributed by atoms with Gasteiger partial charge in [0.05, 0.1) is 0 Å². The van der Waals surface area contributed by atoms with Gasteiger partial charge in [0.15, 0.2) is 11.6 Å². The van der Waals surface area contributed by atoms with Crippen LogP contribution in [-0.2, 0) is 0 Å². The zero-order valence-corrected chi connectivity index (χ0v) is 11.6. The summed E-state index contributed by atoms with van der Waals surface area (Å²) in [5, 5.41) is 3.03. The van der Waals surface area contributed by atoms with Crippen molar-refractivity contribution in [1.82, 2.24) is 5.32 Å². The molecule has 0 fully saturated rings. The van der Waals surface area contributed by atoms with E-state index in [1.54, 1.807) is 13.8 Å². The Kier molecular flexibility index (Phi) is 4.63. The van der Waals surface area contributed by atoms with E-state index in [9.17, 15) is 17.6 Å². The Bertz CT molecular complexity index is 642. The van der Waals surface area contributed by atoms with Crippen LogP contribution in [0.15, 0.2) is 36.4 Å². The van der Waals surface area contributed by atoms with Crippen LogP contribution in [0.3, 0.4) is 0 Å². The highest BCUT2D eigenvalue weighted by Gasteiger charge is 2.16. The quantitative estimate of drug-likeness (QED) is 0.810. The van der Waals surface area contributed by atoms with E-state index in [0.717, 1.165) is 30.3 Å². The molecule has 0 aliphatic rings. The summed E-state index contributed by atoms with van der Waals surface area (Å²) in [6.07, 6.45) is 0. The highest BCUT2D eigenvalue weighted by atomic mass is 19.2. The molecule has 0 saturated carbocycles. The lowest BCUT2D eigenvalue weighted by atomic mass is 10.0. The van der Waals surface area contributed by atoms with Gasteiger partial charge in [0, 0.05) is 17.6 Å². The first-order chi connectivity index (χ1) is 9.88. The summed E-state index contributed by atoms with van der Waals surface area (Å²) in [5.74, 6) is -2.91. The summed E-state index contributed by atoms with van der Waals surface area (Å²) in [4.78, 5) is 0. The van der Waals surface area contributed by atoms with Crippen molar-refractivity contribution in [3.8, 4) is 0 Å². The lowest BCUT2D eigenvalue weighted by Crippen LogP contribution is -2.23. The minimum Gasteiger partial charge on any atom is -0.304 e. The Morgan fingerprint density at radius 2 is 1.43 bits per heavy atom. The first-order valence-corrected chi connectivity index (χ1v) is 6.54. The largest absolute Gasteiger partial charge is 0.304 e. The van der Waals surface area contributed by atoms with Crippen LogP contribution in [0.4, 0.5) is 17.6 Å². The summed E-state index contributed by atoms with van der Waals surface area (Å²) >= 11 is 0. The second-order valence-corrected chi connectivity index (χ2v) is 4.95. The molecule has 0 aliphatic carbocycles. The summed E-state index contributed by atoms with van der Waals surface area (Å²) in [6.45, 7) is 3.41. The molecule has 0 spiro atoms. The minimum absolute atomic E-state index is 0.185. The van der Waals surface area contributed by atoms with Crippen LogP contribution >= 0.6 is 0 Å². The summed E-state index contributed by atoms with van der Waals surface area (Å²) in [7, 11) is 0. The van der Waals surface area contributed by atoms with Crippen molar-refractivity contribution in [2.75, 3.05) is 0 Å². The van der Waals surface area contributed by atoms with E-state index in [1.165, 1.54) is 6.07 Å². The normalized spacial score (nSPS) is 14.0. The Morgan fingerprint density at radius 1 is 0.762 bits per heavy atom. The Hall–Kier alpha value is -1.88. The van der Waals surface area contributed by atoms with Crippen molar-refractivity contribution < 1.29 is 17.6 Å². The van der Waals surface area contributed by atoms with Gasteiger partial charge >= 0.3 is 0 Å². The Morgan fingerprint density at radius 3 is 2.10 bits per heavy atom. The van der Waals surface area contributed by atoms with E-state index < -0.39 is 29.3 Å². The molecule has 0 amide bonds. The number of hydrogen-bond acceptors (Lipinski definition) is 1. The molecule has 0 heterocycles. The smallest absolute Gasteiger partial charge is 0.159 e. The number of hydrogen-bond donors (Lipinski definition) is 1. The molecule has 0 aliphatic heterocycles. The zero-order chi connectivity index (χ0) is 15.6. The molecule has 21 heavy (non-hydrogen) atoms. The summed E-state index contributed by atoms with van der Waals surface area (Å²) in [5.41, 5.74) is 0.710. The topological polar surface area (TPSA) is 12.0 Å². The molecule has 0 saturated heterocycles. The van der Waals surface area contributed by atoms with E-state index in [-0.39, 0.29) is 11.6 Å². The highest BCUT2D eigenvalue weighted by molar-refractivity contribution is 5.24. The molecule has 2 aromatic carbocycles. The first kappa shape index (κ1) is 15.5. The van der Waals surface area contributed by atoms with Gasteiger partial charge in [0.1, 0.15) is 11.6 Å². The van der Waals surface area contributed by atoms with Crippen LogP contribution in [-0.4, -0.2) is 0 Å². The maximum absolute atomic E-state index is 13.7. The van der Waals surface area contributed by atoms with Crippen molar-refractivity contribution in [2.45, 2.75) is 25.9 Å². The molecule has 2 aromatic rings. The van der Waals surface area contributed by atoms with Gasteiger partial charge in [0.2, 0.25) is 0 Å². The van der Waals surface area contributed by atoms with Crippen molar-refractivity contribution in [3.05, 3.63) is 70.8 Å². The molecule has 112 valence electrons. The molecule has 2 unspecified atom stereocenters. The number of nitrogens with one attached hydrogen (secondary N) is 1. The van der Waals surface area contributed by atoms with Gasteiger partial charge in [-0.15, -0.1) is 0 Å². The number of halogens is 4. The number of benzene rings is 2. The molecule has 1 N–H and O–H groups in total. The molecule has 0 aromatic heterocycles. The number of rotatable bonds is 4. The monoisotopic (exact) mass is 297 g/mol. The van der Waals surface area contributed by atoms with Crippen molar-refractivity contribution in [1.29, 1.82) is 0 Å². The third kappa shape index (κ3) is 3.61. The third-order valence-corrected chi connectivity index (χ3v) is 3.37. The van der Waals surface area contributed by atoms with E-state index in [0.29, 0.717) is 5.56 Å². The molecule has 2 rings (SSSR count). The molecule has 5 heteroatoms. The third-order valence-electron chi connectivity index (χ3n) is 3.37. The SMILES string of the molecule is CC(NC(C)c1cc(F)ccc1F)c1ccc(F)c(F)c1. The van der Waals surface area contributed by atoms with E-state index in [1.807, 2.05) is 0 Å². The first-order valence-electron chi connectivity index (χ1n) is 6.54. The maximum atomic E-state index is 13.7. The van der Waals surface area contributed by atoms with Gasteiger partial charge in [-0.2, -0.15) is 0 Å². The van der Waals surface area contributed by atoms with Gasteiger partial charge in [-0.3, -0.25) is 0 Å². The fourth-order valence-corrected chi connectivity index (χ4v) is 2.19. The van der Waals surface area contributed by atoms with Gasteiger partial charge < -0.3 is 5.32 Å². The molecule has 2 atom stereocenters. The van der Waals surface area contributed by atoms with Crippen LogP contribution in [0, 0.1) is 23.3 Å². The minimum atomic E-state index is -0.939. The van der Waals surface area contributed by atoms with Crippen LogP contribution in [0.1, 0.15) is 37.1 Å². The average Bonchev–Trinajstić information content (AvgIpc) is 2.44. The van der Waals surface area contributed by atoms with Crippen LogP contribution in [0.5, 0.6) is 0 Å². The maximum Gasteiger partial charge on any atom is 0.159 e. The van der Waals surface area contributed by atoms with E-state index >= 15 is 0 Å². The van der Waals surface area contributed by atoms with Gasteiger partial charge in [0.25, 0.3) is 0 Å². The van der Waals surface area contributed by atoms with Gasteiger partial charge in [-0.25, -0.2) is 17.6 Å². The predicted octanol–water partition coefficient (Wildman–Crippen LogP) is 4.65. The highest BCUT2D eigenvalue weighted by Crippen LogP contribution is 2.23. The Labute approximate surface area is 120 Å². The Balaban J connectivity index is 2.16. The lowest BCUT2D eigenvalue weighted by Gasteiger charge is -2.21. The zero-order valence-electron chi connectivity index (χ0n) is 11.6. The van der Waals surface area contributed by atoms with Crippen molar-refractivity contribution in [3.63, 3.8) is 0 Å². The second-order valence-electron chi connectivity index (χ2n) is 4.95. The summed E-state index contributed by atoms with van der Waals surface area (Å²) < 4.78 is 53.0. The predicted molar refractivity (Wildman–Crippen MR) is 72.7 cm³/mol. The van der Waals surface area contributed by atoms with Gasteiger partial charge in [-0.05, 0) is 49.7 Å². The van der Waals surface area contributed by atoms with E-state index in [4.69, 9.17) is 0 Å². The van der Waals surface area contributed by atoms with Crippen molar-refractivity contribution >= 4 is 0 Å². The standard InChI is InChI=1S/C16H15F4N/c1-9(11-3-5-15(19)16(20)7-11)21-10(2)13-8-12(17)4-6-14(13)18/h3-10,21H,1-2H3. The fraction of sp³-hybridized carbons (Fsp3) is 0.250. The average molecular weight is 297 g/mol. The molecule has 0 bridgehead atoms. The fourth-order valence-electron chi connectivity index (χ4n) is 2.19. The van der Waals surface area contributed by atoms with Crippen molar-refractivity contribution in [2.24, 2.45) is 0 Å². The summed E-state index contributed by atoms with van der Waals surface area (Å²) in [6, 6.07) is 5.96. The second kappa shape index (κ2) is 6.26. The molecular weight excluding hydrogens is 282 g/mol. The molecular formula is C16H15F4N.